The largest absolute Gasteiger partial charge is 0.383 e. The molecule has 0 radical (unpaired) electrons. The molecule has 5 nitrogen and oxygen atoms in total. The van der Waals surface area contributed by atoms with Gasteiger partial charge < -0.3 is 9.47 Å². The summed E-state index contributed by atoms with van der Waals surface area (Å²) in [5.74, 6) is 0. The molecule has 1 aromatic carbocycles. The normalized spacial score (nSPS) is 13.6. The number of sulfonamides is 1. The number of methoxy groups -OCH3 is 2. The van der Waals surface area contributed by atoms with Gasteiger partial charge >= 0.3 is 0 Å². The third-order valence-corrected chi connectivity index (χ3v) is 5.77. The monoisotopic (exact) mass is 379 g/mol. The number of hydrogen-bond donors (Lipinski definition) is 0. The summed E-state index contributed by atoms with van der Waals surface area (Å²) in [7, 11) is -0.452. The van der Waals surface area contributed by atoms with Gasteiger partial charge in [-0.15, -0.1) is 0 Å². The molecule has 120 valence electrons. The molecule has 0 aromatic heterocycles. The van der Waals surface area contributed by atoms with E-state index in [0.717, 1.165) is 5.56 Å². The Morgan fingerprint density at radius 2 is 1.81 bits per heavy atom. The smallest absolute Gasteiger partial charge is 0.243 e. The lowest BCUT2D eigenvalue weighted by molar-refractivity contribution is 0.119. The van der Waals surface area contributed by atoms with Crippen LogP contribution in [0.5, 0.6) is 0 Å². The molecule has 1 aromatic rings. The van der Waals surface area contributed by atoms with Crippen molar-refractivity contribution in [2.24, 2.45) is 0 Å². The number of benzene rings is 1. The lowest BCUT2D eigenvalue weighted by atomic mass is 10.2. The number of alkyl halides is 1. The van der Waals surface area contributed by atoms with Crippen LogP contribution in [-0.4, -0.2) is 52.7 Å². The Balaban J connectivity index is 3.06. The summed E-state index contributed by atoms with van der Waals surface area (Å²) < 4.78 is 37.0. The Bertz CT molecular complexity index is 518. The van der Waals surface area contributed by atoms with Crippen molar-refractivity contribution < 1.29 is 17.9 Å². The maximum absolute atomic E-state index is 12.8. The Morgan fingerprint density at radius 3 is 2.29 bits per heavy atom. The Morgan fingerprint density at radius 1 is 1.19 bits per heavy atom. The Labute approximate surface area is 135 Å². The van der Waals surface area contributed by atoms with Gasteiger partial charge in [-0.2, -0.15) is 4.31 Å². The van der Waals surface area contributed by atoms with Crippen LogP contribution in [0.3, 0.4) is 0 Å². The second kappa shape index (κ2) is 8.85. The molecule has 0 saturated heterocycles. The predicted molar refractivity (Wildman–Crippen MR) is 86.2 cm³/mol. The van der Waals surface area contributed by atoms with Crippen LogP contribution < -0.4 is 0 Å². The van der Waals surface area contributed by atoms with Gasteiger partial charge in [-0.3, -0.25) is 0 Å². The van der Waals surface area contributed by atoms with Gasteiger partial charge in [-0.05, 0) is 24.6 Å². The van der Waals surface area contributed by atoms with E-state index in [1.807, 2.05) is 6.92 Å². The molecule has 0 N–H and O–H groups in total. The fourth-order valence-corrected chi connectivity index (χ4v) is 3.94. The molecule has 0 heterocycles. The molecule has 21 heavy (non-hydrogen) atoms. The van der Waals surface area contributed by atoms with Crippen LogP contribution in [0.25, 0.3) is 0 Å². The fourth-order valence-electron chi connectivity index (χ4n) is 1.97. The molecule has 0 aliphatic carbocycles. The number of halogens is 1. The van der Waals surface area contributed by atoms with E-state index in [2.05, 4.69) is 15.9 Å². The Hall–Kier alpha value is -0.470. The molecule has 1 rings (SSSR count). The molecular weight excluding hydrogens is 358 g/mol. The van der Waals surface area contributed by atoms with Gasteiger partial charge in [-0.25, -0.2) is 8.42 Å². The predicted octanol–water partition coefficient (Wildman–Crippen LogP) is 2.25. The van der Waals surface area contributed by atoms with Gasteiger partial charge in [0, 0.05) is 32.1 Å². The SMILES string of the molecule is COCCN(C(C)COC)S(=O)(=O)c1ccc(CBr)cc1. The van der Waals surface area contributed by atoms with Crippen molar-refractivity contribution >= 4 is 26.0 Å². The number of ether oxygens (including phenoxy) is 2. The first-order chi connectivity index (χ1) is 9.97. The van der Waals surface area contributed by atoms with Crippen LogP contribution >= 0.6 is 15.9 Å². The van der Waals surface area contributed by atoms with E-state index in [4.69, 9.17) is 9.47 Å². The molecule has 0 spiro atoms. The van der Waals surface area contributed by atoms with E-state index in [0.29, 0.717) is 25.1 Å². The van der Waals surface area contributed by atoms with Crippen molar-refractivity contribution in [3.05, 3.63) is 29.8 Å². The van der Waals surface area contributed by atoms with Crippen molar-refractivity contribution in [3.63, 3.8) is 0 Å². The number of rotatable bonds is 9. The summed E-state index contributed by atoms with van der Waals surface area (Å²) in [4.78, 5) is 0.284. The lowest BCUT2D eigenvalue weighted by Crippen LogP contribution is -2.42. The summed E-state index contributed by atoms with van der Waals surface area (Å²) in [6.07, 6.45) is 0. The molecule has 0 bridgehead atoms. The van der Waals surface area contributed by atoms with Gasteiger partial charge in [0.05, 0.1) is 18.1 Å². The molecule has 7 heteroatoms. The summed E-state index contributed by atoms with van der Waals surface area (Å²) in [6.45, 7) is 2.79. The summed E-state index contributed by atoms with van der Waals surface area (Å²) in [5, 5.41) is 0.695. The van der Waals surface area contributed by atoms with Crippen molar-refractivity contribution in [2.45, 2.75) is 23.2 Å². The van der Waals surface area contributed by atoms with E-state index in [1.165, 1.54) is 4.31 Å². The molecule has 1 atom stereocenters. The zero-order chi connectivity index (χ0) is 15.9. The van der Waals surface area contributed by atoms with Crippen LogP contribution in [0.2, 0.25) is 0 Å². The van der Waals surface area contributed by atoms with E-state index in [1.54, 1.807) is 38.5 Å². The molecule has 0 saturated carbocycles. The third kappa shape index (κ3) is 5.03. The van der Waals surface area contributed by atoms with E-state index in [9.17, 15) is 8.42 Å². The maximum Gasteiger partial charge on any atom is 0.243 e. The minimum atomic E-state index is -3.56. The molecule has 0 aliphatic heterocycles. The molecule has 1 unspecified atom stereocenters. The van der Waals surface area contributed by atoms with E-state index < -0.39 is 10.0 Å². The fraction of sp³-hybridized carbons (Fsp3) is 0.571. The second-order valence-corrected chi connectivity index (χ2v) is 7.14. The zero-order valence-corrected chi connectivity index (χ0v) is 15.0. The van der Waals surface area contributed by atoms with Crippen LogP contribution in [0.1, 0.15) is 12.5 Å². The first-order valence-electron chi connectivity index (χ1n) is 6.62. The highest BCUT2D eigenvalue weighted by atomic mass is 79.9. The molecule has 0 amide bonds. The zero-order valence-electron chi connectivity index (χ0n) is 12.6. The van der Waals surface area contributed by atoms with Crippen molar-refractivity contribution in [2.75, 3.05) is 34.0 Å². The number of hydrogen-bond acceptors (Lipinski definition) is 4. The molecular formula is C14H22BrNO4S. The average molecular weight is 380 g/mol. The quantitative estimate of drug-likeness (QED) is 0.617. The van der Waals surface area contributed by atoms with Crippen molar-refractivity contribution in [1.29, 1.82) is 0 Å². The highest BCUT2D eigenvalue weighted by molar-refractivity contribution is 9.08. The van der Waals surface area contributed by atoms with Gasteiger partial charge in [0.15, 0.2) is 0 Å². The van der Waals surface area contributed by atoms with Crippen molar-refractivity contribution in [1.82, 2.24) is 4.31 Å². The first-order valence-corrected chi connectivity index (χ1v) is 9.18. The van der Waals surface area contributed by atoms with Gasteiger partial charge in [0.2, 0.25) is 10.0 Å². The van der Waals surface area contributed by atoms with Crippen LogP contribution in [-0.2, 0) is 24.8 Å². The van der Waals surface area contributed by atoms with E-state index in [-0.39, 0.29) is 10.9 Å². The van der Waals surface area contributed by atoms with Gasteiger partial charge in [0.1, 0.15) is 0 Å². The molecule has 0 aliphatic rings. The highest BCUT2D eigenvalue weighted by Crippen LogP contribution is 2.19. The van der Waals surface area contributed by atoms with Crippen molar-refractivity contribution in [3.8, 4) is 0 Å². The summed E-state index contributed by atoms with van der Waals surface area (Å²) in [5.41, 5.74) is 1.03. The minimum Gasteiger partial charge on any atom is -0.383 e. The second-order valence-electron chi connectivity index (χ2n) is 4.69. The average Bonchev–Trinajstić information content (AvgIpc) is 2.47. The highest BCUT2D eigenvalue weighted by Gasteiger charge is 2.28. The standard InChI is InChI=1S/C14H22BrNO4S/c1-12(11-20-3)16(8-9-19-2)21(17,18)14-6-4-13(10-15)5-7-14/h4-7,12H,8-11H2,1-3H3. The van der Waals surface area contributed by atoms with Crippen LogP contribution in [0, 0.1) is 0 Å². The maximum atomic E-state index is 12.8. The van der Waals surface area contributed by atoms with Gasteiger partial charge in [0.25, 0.3) is 0 Å². The Kier molecular flexibility index (Phi) is 7.83. The van der Waals surface area contributed by atoms with E-state index >= 15 is 0 Å². The topological polar surface area (TPSA) is 55.8 Å². The minimum absolute atomic E-state index is 0.258. The first kappa shape index (κ1) is 18.6. The van der Waals surface area contributed by atoms with Gasteiger partial charge in [-0.1, -0.05) is 28.1 Å². The number of nitrogens with zero attached hydrogens (tertiary/aromatic N) is 1. The third-order valence-electron chi connectivity index (χ3n) is 3.10. The summed E-state index contributed by atoms with van der Waals surface area (Å²) in [6, 6.07) is 6.61. The van der Waals surface area contributed by atoms with Crippen LogP contribution in [0.4, 0.5) is 0 Å². The summed E-state index contributed by atoms with van der Waals surface area (Å²) >= 11 is 3.35. The lowest BCUT2D eigenvalue weighted by Gasteiger charge is -2.27. The van der Waals surface area contributed by atoms with Crippen LogP contribution in [0.15, 0.2) is 29.2 Å². The molecule has 0 fully saturated rings.